The maximum atomic E-state index is 9.22. The molecule has 0 bridgehead atoms. The summed E-state index contributed by atoms with van der Waals surface area (Å²) in [6.07, 6.45) is 6.31. The molecule has 24 heavy (non-hydrogen) atoms. The number of benzene rings is 2. The van der Waals surface area contributed by atoms with Crippen molar-refractivity contribution in [2.45, 2.75) is 19.0 Å². The van der Waals surface area contributed by atoms with E-state index in [1.165, 1.54) is 11.1 Å². The molecule has 1 saturated heterocycles. The number of likely N-dealkylation sites (tertiary alicyclic amines) is 1. The lowest BCUT2D eigenvalue weighted by Gasteiger charge is -2.18. The van der Waals surface area contributed by atoms with Gasteiger partial charge in [0.15, 0.2) is 6.19 Å². The molecule has 1 fully saturated rings. The quantitative estimate of drug-likeness (QED) is 0.677. The van der Waals surface area contributed by atoms with Crippen LogP contribution >= 0.6 is 0 Å². The Bertz CT molecular complexity index is 876. The Hall–Kier alpha value is -3.06. The lowest BCUT2D eigenvalue weighted by atomic mass is 10.0. The van der Waals surface area contributed by atoms with Crippen molar-refractivity contribution in [1.29, 1.82) is 5.26 Å². The van der Waals surface area contributed by atoms with E-state index in [0.29, 0.717) is 0 Å². The van der Waals surface area contributed by atoms with Crippen LogP contribution in [0, 0.1) is 11.5 Å². The second-order valence-electron chi connectivity index (χ2n) is 6.04. The Balaban J connectivity index is 1.65. The minimum Gasteiger partial charge on any atom is -0.287 e. The average Bonchev–Trinajstić information content (AvgIpc) is 3.31. The van der Waals surface area contributed by atoms with Crippen molar-refractivity contribution < 1.29 is 0 Å². The van der Waals surface area contributed by atoms with Gasteiger partial charge >= 0.3 is 0 Å². The van der Waals surface area contributed by atoms with Crippen LogP contribution in [-0.4, -0.2) is 21.2 Å². The smallest absolute Gasteiger partial charge is 0.181 e. The normalized spacial score (nSPS) is 17.0. The third kappa shape index (κ3) is 2.65. The maximum Gasteiger partial charge on any atom is 0.181 e. The Morgan fingerprint density at radius 1 is 0.958 bits per heavy atom. The van der Waals surface area contributed by atoms with Crippen molar-refractivity contribution in [2.75, 3.05) is 6.54 Å². The summed E-state index contributed by atoms with van der Waals surface area (Å²) in [5.74, 6) is 0. The van der Waals surface area contributed by atoms with E-state index in [1.54, 1.807) is 4.90 Å². The van der Waals surface area contributed by atoms with Crippen molar-refractivity contribution in [2.24, 2.45) is 0 Å². The van der Waals surface area contributed by atoms with Gasteiger partial charge in [-0.2, -0.15) is 10.4 Å². The first-order valence-electron chi connectivity index (χ1n) is 8.22. The second kappa shape index (κ2) is 6.21. The predicted octanol–water partition coefficient (Wildman–Crippen LogP) is 4.29. The van der Waals surface area contributed by atoms with E-state index in [9.17, 15) is 5.26 Å². The highest BCUT2D eigenvalue weighted by Crippen LogP contribution is 2.29. The van der Waals surface area contributed by atoms with Gasteiger partial charge in [-0.15, -0.1) is 0 Å². The Morgan fingerprint density at radius 2 is 1.75 bits per heavy atom. The fraction of sp³-hybridized carbons (Fsp3) is 0.200. The second-order valence-corrected chi connectivity index (χ2v) is 6.04. The largest absolute Gasteiger partial charge is 0.287 e. The Kier molecular flexibility index (Phi) is 3.76. The predicted molar refractivity (Wildman–Crippen MR) is 93.7 cm³/mol. The van der Waals surface area contributed by atoms with Crippen LogP contribution in [-0.2, 0) is 0 Å². The molecule has 0 aliphatic carbocycles. The highest BCUT2D eigenvalue weighted by atomic mass is 15.4. The molecule has 0 saturated carbocycles. The molecule has 2 heterocycles. The molecule has 1 aliphatic heterocycles. The van der Waals surface area contributed by atoms with Crippen molar-refractivity contribution in [3.05, 3.63) is 66.9 Å². The van der Waals surface area contributed by atoms with E-state index in [4.69, 9.17) is 5.10 Å². The third-order valence-corrected chi connectivity index (χ3v) is 4.53. The van der Waals surface area contributed by atoms with Gasteiger partial charge in [0, 0.05) is 18.3 Å². The van der Waals surface area contributed by atoms with Gasteiger partial charge in [-0.05, 0) is 36.1 Å². The zero-order chi connectivity index (χ0) is 16.4. The van der Waals surface area contributed by atoms with Crippen molar-refractivity contribution in [3.63, 3.8) is 0 Å². The standard InChI is InChI=1S/C20H18N4/c21-15-23-12-5-10-20(23)24-13-11-19(22-24)18-9-4-8-17(14-18)16-6-2-1-3-7-16/h1-4,6-9,11,13-14,20H,5,10,12H2. The summed E-state index contributed by atoms with van der Waals surface area (Å²) >= 11 is 0. The van der Waals surface area contributed by atoms with Gasteiger partial charge < -0.3 is 0 Å². The molecule has 3 aromatic rings. The first-order chi connectivity index (χ1) is 11.8. The van der Waals surface area contributed by atoms with Crippen molar-refractivity contribution >= 4 is 0 Å². The van der Waals surface area contributed by atoms with Crippen LogP contribution in [0.5, 0.6) is 0 Å². The van der Waals surface area contributed by atoms with Crippen LogP contribution in [0.3, 0.4) is 0 Å². The van der Waals surface area contributed by atoms with Crippen molar-refractivity contribution in [3.8, 4) is 28.6 Å². The van der Waals surface area contributed by atoms with E-state index in [2.05, 4.69) is 42.6 Å². The fourth-order valence-electron chi connectivity index (χ4n) is 3.29. The molecule has 118 valence electrons. The molecule has 1 aliphatic rings. The minimum absolute atomic E-state index is 0.0565. The highest BCUT2D eigenvalue weighted by molar-refractivity contribution is 5.71. The molecule has 4 heteroatoms. The van der Waals surface area contributed by atoms with Gasteiger partial charge in [0.2, 0.25) is 0 Å². The highest BCUT2D eigenvalue weighted by Gasteiger charge is 2.25. The maximum absolute atomic E-state index is 9.22. The Morgan fingerprint density at radius 3 is 2.58 bits per heavy atom. The molecule has 0 N–H and O–H groups in total. The van der Waals surface area contributed by atoms with Gasteiger partial charge in [-0.25, -0.2) is 4.68 Å². The zero-order valence-electron chi connectivity index (χ0n) is 13.3. The first kappa shape index (κ1) is 14.5. The molecule has 1 unspecified atom stereocenters. The molecular formula is C20H18N4. The summed E-state index contributed by atoms with van der Waals surface area (Å²) < 4.78 is 1.92. The lowest BCUT2D eigenvalue weighted by Crippen LogP contribution is -2.22. The summed E-state index contributed by atoms with van der Waals surface area (Å²) in [6, 6.07) is 20.8. The number of hydrogen-bond donors (Lipinski definition) is 0. The van der Waals surface area contributed by atoms with Crippen molar-refractivity contribution in [1.82, 2.24) is 14.7 Å². The molecule has 0 spiro atoms. The topological polar surface area (TPSA) is 44.9 Å². The van der Waals surface area contributed by atoms with E-state index in [0.717, 1.165) is 30.6 Å². The van der Waals surface area contributed by atoms with Gasteiger partial charge in [-0.3, -0.25) is 4.90 Å². The SMILES string of the molecule is N#CN1CCCC1n1ccc(-c2cccc(-c3ccccc3)c2)n1. The minimum atomic E-state index is 0.0565. The molecule has 2 aromatic carbocycles. The number of nitriles is 1. The monoisotopic (exact) mass is 314 g/mol. The van der Waals surface area contributed by atoms with Crippen LogP contribution in [0.15, 0.2) is 66.9 Å². The fourth-order valence-corrected chi connectivity index (χ4v) is 3.29. The number of aromatic nitrogens is 2. The van der Waals surface area contributed by atoms with Gasteiger partial charge in [0.05, 0.1) is 5.69 Å². The molecule has 1 aromatic heterocycles. The third-order valence-electron chi connectivity index (χ3n) is 4.53. The van der Waals surface area contributed by atoms with Crippen LogP contribution in [0.25, 0.3) is 22.4 Å². The van der Waals surface area contributed by atoms with E-state index in [-0.39, 0.29) is 6.17 Å². The first-order valence-corrected chi connectivity index (χ1v) is 8.22. The summed E-state index contributed by atoms with van der Waals surface area (Å²) in [7, 11) is 0. The van der Waals surface area contributed by atoms with Crippen LogP contribution in [0.4, 0.5) is 0 Å². The molecule has 4 nitrogen and oxygen atoms in total. The zero-order valence-corrected chi connectivity index (χ0v) is 13.3. The summed E-state index contributed by atoms with van der Waals surface area (Å²) in [5, 5.41) is 13.9. The van der Waals surface area contributed by atoms with Crippen LogP contribution in [0.2, 0.25) is 0 Å². The Labute approximate surface area is 141 Å². The molecule has 0 amide bonds. The summed E-state index contributed by atoms with van der Waals surface area (Å²) in [5.41, 5.74) is 4.42. The number of rotatable bonds is 3. The lowest BCUT2D eigenvalue weighted by molar-refractivity contribution is 0.260. The summed E-state index contributed by atoms with van der Waals surface area (Å²) in [4.78, 5) is 1.80. The molecular weight excluding hydrogens is 296 g/mol. The van der Waals surface area contributed by atoms with Crippen LogP contribution in [0.1, 0.15) is 19.0 Å². The van der Waals surface area contributed by atoms with E-state index >= 15 is 0 Å². The molecule has 4 rings (SSSR count). The van der Waals surface area contributed by atoms with Crippen LogP contribution < -0.4 is 0 Å². The van der Waals surface area contributed by atoms with Gasteiger partial charge in [-0.1, -0.05) is 48.5 Å². The molecule has 1 atom stereocenters. The number of nitrogens with zero attached hydrogens (tertiary/aromatic N) is 4. The molecule has 0 radical (unpaired) electrons. The van der Waals surface area contributed by atoms with Gasteiger partial charge in [0.1, 0.15) is 6.17 Å². The van der Waals surface area contributed by atoms with Gasteiger partial charge in [0.25, 0.3) is 0 Å². The summed E-state index contributed by atoms with van der Waals surface area (Å²) in [6.45, 7) is 0.819. The average molecular weight is 314 g/mol. The van der Waals surface area contributed by atoms with E-state index in [1.807, 2.05) is 35.1 Å². The van der Waals surface area contributed by atoms with E-state index < -0.39 is 0 Å². The number of hydrogen-bond acceptors (Lipinski definition) is 3.